The van der Waals surface area contributed by atoms with Crippen molar-refractivity contribution in [1.29, 1.82) is 0 Å². The standard InChI is InChI=1S/C16H20N2O3/c1-11(2)8-17-15(19)10-18-9-12(7-16(20)21)13-5-3-4-6-14(13)18/h3-6,9,11H,7-8,10H2,1-2H3,(H,17,19)(H,20,21). The number of carbonyl (C=O) groups excluding carboxylic acids is 1. The van der Waals surface area contributed by atoms with Crippen LogP contribution in [0.2, 0.25) is 0 Å². The summed E-state index contributed by atoms with van der Waals surface area (Å²) in [6, 6.07) is 7.54. The summed E-state index contributed by atoms with van der Waals surface area (Å²) >= 11 is 0. The molecule has 0 fully saturated rings. The van der Waals surface area contributed by atoms with Gasteiger partial charge in [0.05, 0.1) is 6.42 Å². The molecule has 112 valence electrons. The minimum atomic E-state index is -0.873. The van der Waals surface area contributed by atoms with Crippen LogP contribution in [0, 0.1) is 5.92 Å². The first-order chi connectivity index (χ1) is 9.97. The smallest absolute Gasteiger partial charge is 0.307 e. The highest BCUT2D eigenvalue weighted by atomic mass is 16.4. The lowest BCUT2D eigenvalue weighted by Crippen LogP contribution is -2.30. The predicted octanol–water partition coefficient (Wildman–Crippen LogP) is 2.04. The molecule has 0 unspecified atom stereocenters. The van der Waals surface area contributed by atoms with E-state index in [0.29, 0.717) is 12.5 Å². The number of nitrogens with one attached hydrogen (secondary N) is 1. The molecule has 2 aromatic rings. The highest BCUT2D eigenvalue weighted by Gasteiger charge is 2.13. The number of aromatic nitrogens is 1. The number of aliphatic carboxylic acids is 1. The maximum Gasteiger partial charge on any atom is 0.307 e. The van der Waals surface area contributed by atoms with Gasteiger partial charge in [-0.15, -0.1) is 0 Å². The van der Waals surface area contributed by atoms with E-state index in [1.54, 1.807) is 6.20 Å². The molecule has 21 heavy (non-hydrogen) atoms. The minimum Gasteiger partial charge on any atom is -0.481 e. The fourth-order valence-electron chi connectivity index (χ4n) is 2.29. The number of para-hydroxylation sites is 1. The molecule has 1 heterocycles. The van der Waals surface area contributed by atoms with Gasteiger partial charge in [-0.3, -0.25) is 9.59 Å². The Morgan fingerprint density at radius 1 is 1.29 bits per heavy atom. The van der Waals surface area contributed by atoms with Crippen LogP contribution in [0.3, 0.4) is 0 Å². The van der Waals surface area contributed by atoms with Gasteiger partial charge in [-0.05, 0) is 17.5 Å². The normalized spacial score (nSPS) is 11.0. The van der Waals surface area contributed by atoms with E-state index in [1.165, 1.54) is 0 Å². The lowest BCUT2D eigenvalue weighted by Gasteiger charge is -2.09. The van der Waals surface area contributed by atoms with Gasteiger partial charge in [0.15, 0.2) is 0 Å². The molecule has 0 bridgehead atoms. The van der Waals surface area contributed by atoms with E-state index in [0.717, 1.165) is 16.5 Å². The molecule has 0 aliphatic heterocycles. The number of rotatable bonds is 6. The molecule has 5 nitrogen and oxygen atoms in total. The summed E-state index contributed by atoms with van der Waals surface area (Å²) in [7, 11) is 0. The molecule has 0 radical (unpaired) electrons. The number of benzene rings is 1. The third-order valence-corrected chi connectivity index (χ3v) is 3.23. The Hall–Kier alpha value is -2.30. The zero-order valence-electron chi connectivity index (χ0n) is 12.3. The minimum absolute atomic E-state index is 0.0405. The van der Waals surface area contributed by atoms with Crippen molar-refractivity contribution < 1.29 is 14.7 Å². The lowest BCUT2D eigenvalue weighted by molar-refractivity contribution is -0.136. The van der Waals surface area contributed by atoms with Crippen molar-refractivity contribution >= 4 is 22.8 Å². The van der Waals surface area contributed by atoms with E-state index < -0.39 is 5.97 Å². The molecule has 1 amide bonds. The number of carboxylic acids is 1. The predicted molar refractivity (Wildman–Crippen MR) is 81.1 cm³/mol. The number of carbonyl (C=O) groups is 2. The fourth-order valence-corrected chi connectivity index (χ4v) is 2.29. The highest BCUT2D eigenvalue weighted by molar-refractivity contribution is 5.89. The van der Waals surface area contributed by atoms with Gasteiger partial charge in [-0.2, -0.15) is 0 Å². The zero-order valence-corrected chi connectivity index (χ0v) is 12.3. The molecule has 0 aliphatic carbocycles. The lowest BCUT2D eigenvalue weighted by atomic mass is 10.1. The largest absolute Gasteiger partial charge is 0.481 e. The van der Waals surface area contributed by atoms with Crippen LogP contribution in [0.1, 0.15) is 19.4 Å². The van der Waals surface area contributed by atoms with Crippen LogP contribution in [0.15, 0.2) is 30.5 Å². The monoisotopic (exact) mass is 288 g/mol. The number of hydrogen-bond acceptors (Lipinski definition) is 2. The average molecular weight is 288 g/mol. The first-order valence-electron chi connectivity index (χ1n) is 7.02. The quantitative estimate of drug-likeness (QED) is 0.854. The Balaban J connectivity index is 2.23. The van der Waals surface area contributed by atoms with Crippen LogP contribution in [0.25, 0.3) is 10.9 Å². The average Bonchev–Trinajstić information content (AvgIpc) is 2.74. The van der Waals surface area contributed by atoms with Crippen LogP contribution in [0.4, 0.5) is 0 Å². The zero-order chi connectivity index (χ0) is 15.4. The summed E-state index contributed by atoms with van der Waals surface area (Å²) in [6.07, 6.45) is 1.72. The molecular formula is C16H20N2O3. The van der Waals surface area contributed by atoms with Gasteiger partial charge in [0.2, 0.25) is 5.91 Å². The SMILES string of the molecule is CC(C)CNC(=O)Cn1cc(CC(=O)O)c2ccccc21. The van der Waals surface area contributed by atoms with Crippen molar-refractivity contribution in [2.75, 3.05) is 6.54 Å². The number of nitrogens with zero attached hydrogens (tertiary/aromatic N) is 1. The van der Waals surface area contributed by atoms with E-state index in [2.05, 4.69) is 5.32 Å². The summed E-state index contributed by atoms with van der Waals surface area (Å²) in [6.45, 7) is 4.92. The van der Waals surface area contributed by atoms with Crippen LogP contribution >= 0.6 is 0 Å². The van der Waals surface area contributed by atoms with Gasteiger partial charge < -0.3 is 15.0 Å². The van der Waals surface area contributed by atoms with Crippen LogP contribution in [-0.4, -0.2) is 28.1 Å². The van der Waals surface area contributed by atoms with Gasteiger partial charge in [-0.1, -0.05) is 32.0 Å². The Morgan fingerprint density at radius 2 is 2.00 bits per heavy atom. The van der Waals surface area contributed by atoms with E-state index in [-0.39, 0.29) is 18.9 Å². The molecule has 0 spiro atoms. The number of amides is 1. The van der Waals surface area contributed by atoms with Gasteiger partial charge in [0.25, 0.3) is 0 Å². The van der Waals surface area contributed by atoms with Crippen molar-refractivity contribution in [2.24, 2.45) is 5.92 Å². The summed E-state index contributed by atoms with van der Waals surface area (Å²) in [5.41, 5.74) is 1.61. The molecule has 2 N–H and O–H groups in total. The second-order valence-corrected chi connectivity index (χ2v) is 5.57. The van der Waals surface area contributed by atoms with Crippen molar-refractivity contribution in [3.8, 4) is 0 Å². The molecule has 0 atom stereocenters. The second kappa shape index (κ2) is 6.43. The highest BCUT2D eigenvalue weighted by Crippen LogP contribution is 2.21. The van der Waals surface area contributed by atoms with Crippen molar-refractivity contribution in [1.82, 2.24) is 9.88 Å². The number of carboxylic acid groups (broad SMARTS) is 1. The van der Waals surface area contributed by atoms with Crippen LogP contribution < -0.4 is 5.32 Å². The van der Waals surface area contributed by atoms with Gasteiger partial charge in [0.1, 0.15) is 6.54 Å². The summed E-state index contributed by atoms with van der Waals surface area (Å²) < 4.78 is 1.81. The maximum absolute atomic E-state index is 11.9. The van der Waals surface area contributed by atoms with E-state index >= 15 is 0 Å². The molecule has 0 aliphatic rings. The van der Waals surface area contributed by atoms with E-state index in [4.69, 9.17) is 5.11 Å². The third kappa shape index (κ3) is 3.84. The van der Waals surface area contributed by atoms with Crippen molar-refractivity contribution in [3.05, 3.63) is 36.0 Å². The van der Waals surface area contributed by atoms with Crippen LogP contribution in [-0.2, 0) is 22.6 Å². The molecule has 0 saturated carbocycles. The first-order valence-corrected chi connectivity index (χ1v) is 7.02. The van der Waals surface area contributed by atoms with E-state index in [9.17, 15) is 9.59 Å². The van der Waals surface area contributed by atoms with E-state index in [1.807, 2.05) is 42.7 Å². The first kappa shape index (κ1) is 15.1. The number of hydrogen-bond donors (Lipinski definition) is 2. The van der Waals surface area contributed by atoms with Crippen molar-refractivity contribution in [3.63, 3.8) is 0 Å². The summed E-state index contributed by atoms with van der Waals surface area (Å²) in [5, 5.41) is 12.7. The van der Waals surface area contributed by atoms with Gasteiger partial charge >= 0.3 is 5.97 Å². The Bertz CT molecular complexity index is 659. The number of fused-ring (bicyclic) bond motifs is 1. The summed E-state index contributed by atoms with van der Waals surface area (Å²) in [4.78, 5) is 22.9. The molecule has 5 heteroatoms. The van der Waals surface area contributed by atoms with Crippen molar-refractivity contribution in [2.45, 2.75) is 26.8 Å². The topological polar surface area (TPSA) is 71.3 Å². The third-order valence-electron chi connectivity index (χ3n) is 3.23. The van der Waals surface area contributed by atoms with Gasteiger partial charge in [0, 0.05) is 23.6 Å². The molecule has 2 rings (SSSR count). The molecule has 1 aromatic carbocycles. The Labute approximate surface area is 123 Å². The van der Waals surface area contributed by atoms with Crippen LogP contribution in [0.5, 0.6) is 0 Å². The summed E-state index contributed by atoms with van der Waals surface area (Å²) in [5.74, 6) is -0.536. The Morgan fingerprint density at radius 3 is 2.67 bits per heavy atom. The Kier molecular flexibility index (Phi) is 4.62. The second-order valence-electron chi connectivity index (χ2n) is 5.57. The fraction of sp³-hybridized carbons (Fsp3) is 0.375. The maximum atomic E-state index is 11.9. The molecule has 0 saturated heterocycles. The molecule has 1 aromatic heterocycles. The molecular weight excluding hydrogens is 268 g/mol. The van der Waals surface area contributed by atoms with Gasteiger partial charge in [-0.25, -0.2) is 0 Å².